The topological polar surface area (TPSA) is 66.0 Å². The Labute approximate surface area is 117 Å². The Hall–Kier alpha value is -1.63. The third-order valence-corrected chi connectivity index (χ3v) is 3.45. The van der Waals surface area contributed by atoms with E-state index in [0.717, 1.165) is 0 Å². The molecule has 1 aromatic rings. The summed E-state index contributed by atoms with van der Waals surface area (Å²) in [6.07, 6.45) is -0.496. The van der Waals surface area contributed by atoms with Crippen LogP contribution in [0.25, 0.3) is 0 Å². The van der Waals surface area contributed by atoms with Gasteiger partial charge >= 0.3 is 6.09 Å². The van der Waals surface area contributed by atoms with Crippen molar-refractivity contribution < 1.29 is 23.7 Å². The van der Waals surface area contributed by atoms with Crippen LogP contribution in [-0.4, -0.2) is 38.5 Å². The summed E-state index contributed by atoms with van der Waals surface area (Å²) in [5.41, 5.74) is 0.282. The molecule has 1 aromatic carbocycles. The Kier molecular flexibility index (Phi) is 3.37. The van der Waals surface area contributed by atoms with Crippen LogP contribution in [0.15, 0.2) is 30.3 Å². The number of anilines is 1. The van der Waals surface area contributed by atoms with Crippen LogP contribution < -0.4 is 5.32 Å². The van der Waals surface area contributed by atoms with Gasteiger partial charge in [-0.3, -0.25) is 5.32 Å². The van der Waals surface area contributed by atoms with E-state index in [4.69, 9.17) is 18.9 Å². The molecule has 3 fully saturated rings. The van der Waals surface area contributed by atoms with Crippen molar-refractivity contribution in [3.05, 3.63) is 30.3 Å². The van der Waals surface area contributed by atoms with Crippen molar-refractivity contribution in [2.45, 2.75) is 12.9 Å². The lowest BCUT2D eigenvalue weighted by Gasteiger charge is -2.49. The van der Waals surface area contributed by atoms with Crippen LogP contribution in [0.5, 0.6) is 0 Å². The summed E-state index contributed by atoms with van der Waals surface area (Å²) in [4.78, 5) is 11.7. The van der Waals surface area contributed by atoms with E-state index < -0.39 is 17.5 Å². The number of carbonyl (C=O) groups is 1. The van der Waals surface area contributed by atoms with Gasteiger partial charge in [0.15, 0.2) is 0 Å². The molecule has 6 nitrogen and oxygen atoms in total. The molecule has 0 aliphatic carbocycles. The normalized spacial score (nSPS) is 31.9. The number of nitrogens with one attached hydrogen (secondary N) is 1. The zero-order chi connectivity index (χ0) is 14.1. The van der Waals surface area contributed by atoms with E-state index in [1.54, 1.807) is 19.1 Å². The predicted molar refractivity (Wildman–Crippen MR) is 70.1 cm³/mol. The molecule has 3 heterocycles. The maximum atomic E-state index is 11.7. The van der Waals surface area contributed by atoms with Gasteiger partial charge in [0.1, 0.15) is 6.61 Å². The highest BCUT2D eigenvalue weighted by atomic mass is 16.9. The minimum atomic E-state index is -0.936. The van der Waals surface area contributed by atoms with Gasteiger partial charge in [-0.1, -0.05) is 18.2 Å². The minimum absolute atomic E-state index is 0.196. The first-order valence-electron chi connectivity index (χ1n) is 6.50. The van der Waals surface area contributed by atoms with Gasteiger partial charge < -0.3 is 18.9 Å². The number of amides is 1. The summed E-state index contributed by atoms with van der Waals surface area (Å²) in [6, 6.07) is 9.14. The summed E-state index contributed by atoms with van der Waals surface area (Å²) in [6.45, 7) is 3.31. The second-order valence-corrected chi connectivity index (χ2v) is 5.30. The number of carbonyl (C=O) groups excluding carboxylic acids is 1. The van der Waals surface area contributed by atoms with Gasteiger partial charge in [0.25, 0.3) is 5.97 Å². The highest BCUT2D eigenvalue weighted by Gasteiger charge is 2.50. The summed E-state index contributed by atoms with van der Waals surface area (Å²) in [7, 11) is 0. The van der Waals surface area contributed by atoms with E-state index in [1.807, 2.05) is 18.2 Å². The molecule has 0 aromatic heterocycles. The fraction of sp³-hybridized carbons (Fsp3) is 0.500. The first kappa shape index (κ1) is 13.4. The summed E-state index contributed by atoms with van der Waals surface area (Å²) in [5.74, 6) is -0.936. The van der Waals surface area contributed by atoms with Crippen molar-refractivity contribution in [1.82, 2.24) is 0 Å². The van der Waals surface area contributed by atoms with Crippen molar-refractivity contribution in [2.24, 2.45) is 5.41 Å². The molecule has 3 aliphatic rings. The lowest BCUT2D eigenvalue weighted by Crippen LogP contribution is -2.60. The average Bonchev–Trinajstić information content (AvgIpc) is 2.48. The molecule has 0 saturated carbocycles. The van der Waals surface area contributed by atoms with Gasteiger partial charge in [-0.25, -0.2) is 4.79 Å². The largest absolute Gasteiger partial charge is 0.448 e. The molecule has 4 rings (SSSR count). The Morgan fingerprint density at radius 2 is 1.80 bits per heavy atom. The fourth-order valence-electron chi connectivity index (χ4n) is 2.12. The molecule has 20 heavy (non-hydrogen) atoms. The molecular formula is C14H17NO5. The molecule has 108 valence electrons. The molecular weight excluding hydrogens is 262 g/mol. The quantitative estimate of drug-likeness (QED) is 0.916. The van der Waals surface area contributed by atoms with Gasteiger partial charge in [-0.05, 0) is 12.1 Å². The lowest BCUT2D eigenvalue weighted by atomic mass is 9.90. The zero-order valence-corrected chi connectivity index (χ0v) is 11.3. The molecule has 0 atom stereocenters. The summed E-state index contributed by atoms with van der Waals surface area (Å²) < 4.78 is 21.6. The highest BCUT2D eigenvalue weighted by molar-refractivity contribution is 5.84. The standard InChI is InChI=1S/C14H17NO5/c1-13-18-8-14(9-19-13,10-20-13)7-17-12(16)15-11-5-3-2-4-6-11/h2-6H,7-10H2,1H3,(H,15,16). The smallest absolute Gasteiger partial charge is 0.411 e. The first-order valence-corrected chi connectivity index (χ1v) is 6.50. The maximum absolute atomic E-state index is 11.7. The number of rotatable bonds is 3. The van der Waals surface area contributed by atoms with Crippen LogP contribution in [0.1, 0.15) is 6.92 Å². The molecule has 6 heteroatoms. The van der Waals surface area contributed by atoms with Gasteiger partial charge in [-0.2, -0.15) is 0 Å². The predicted octanol–water partition coefficient (Wildman–Crippen LogP) is 1.97. The zero-order valence-electron chi connectivity index (χ0n) is 11.3. The Balaban J connectivity index is 1.51. The van der Waals surface area contributed by atoms with Gasteiger partial charge in [-0.15, -0.1) is 0 Å². The first-order chi connectivity index (χ1) is 9.59. The van der Waals surface area contributed by atoms with Crippen molar-refractivity contribution >= 4 is 11.8 Å². The fourth-order valence-corrected chi connectivity index (χ4v) is 2.12. The van der Waals surface area contributed by atoms with Crippen LogP contribution >= 0.6 is 0 Å². The van der Waals surface area contributed by atoms with Crippen LogP contribution in [0.4, 0.5) is 10.5 Å². The molecule has 3 aliphatic heterocycles. The van der Waals surface area contributed by atoms with E-state index in [0.29, 0.717) is 25.5 Å². The third-order valence-electron chi connectivity index (χ3n) is 3.45. The van der Waals surface area contributed by atoms with Crippen molar-refractivity contribution in [2.75, 3.05) is 31.7 Å². The second-order valence-electron chi connectivity index (χ2n) is 5.30. The van der Waals surface area contributed by atoms with Crippen LogP contribution in [0, 0.1) is 5.41 Å². The van der Waals surface area contributed by atoms with Crippen LogP contribution in [0.3, 0.4) is 0 Å². The Bertz CT molecular complexity index is 465. The Morgan fingerprint density at radius 1 is 1.20 bits per heavy atom. The molecule has 0 unspecified atom stereocenters. The molecule has 0 spiro atoms. The van der Waals surface area contributed by atoms with Crippen molar-refractivity contribution in [3.8, 4) is 0 Å². The van der Waals surface area contributed by atoms with E-state index in [1.165, 1.54) is 0 Å². The van der Waals surface area contributed by atoms with E-state index in [-0.39, 0.29) is 6.61 Å². The summed E-state index contributed by atoms with van der Waals surface area (Å²) in [5, 5.41) is 2.66. The molecule has 0 radical (unpaired) electrons. The lowest BCUT2D eigenvalue weighted by molar-refractivity contribution is -0.461. The number of hydrogen-bond acceptors (Lipinski definition) is 5. The number of fused-ring (bicyclic) bond motifs is 3. The Morgan fingerprint density at radius 3 is 2.40 bits per heavy atom. The maximum Gasteiger partial charge on any atom is 0.411 e. The number of benzene rings is 1. The van der Waals surface area contributed by atoms with Crippen molar-refractivity contribution in [3.63, 3.8) is 0 Å². The summed E-state index contributed by atoms with van der Waals surface area (Å²) >= 11 is 0. The minimum Gasteiger partial charge on any atom is -0.448 e. The SMILES string of the molecule is CC12OCC(COC(=O)Nc3ccccc3)(CO1)CO2. The number of para-hydroxylation sites is 1. The van der Waals surface area contributed by atoms with Crippen LogP contribution in [0.2, 0.25) is 0 Å². The van der Waals surface area contributed by atoms with E-state index >= 15 is 0 Å². The molecule has 1 N–H and O–H groups in total. The number of ether oxygens (including phenoxy) is 4. The molecule has 3 saturated heterocycles. The molecule has 1 amide bonds. The third kappa shape index (κ3) is 2.77. The highest BCUT2D eigenvalue weighted by Crippen LogP contribution is 2.38. The van der Waals surface area contributed by atoms with Gasteiger partial charge in [0.05, 0.1) is 25.2 Å². The van der Waals surface area contributed by atoms with Crippen molar-refractivity contribution in [1.29, 1.82) is 0 Å². The van der Waals surface area contributed by atoms with Gasteiger partial charge in [0.2, 0.25) is 0 Å². The molecule has 2 bridgehead atoms. The van der Waals surface area contributed by atoms with E-state index in [2.05, 4.69) is 5.32 Å². The van der Waals surface area contributed by atoms with Gasteiger partial charge in [0, 0.05) is 12.6 Å². The van der Waals surface area contributed by atoms with Crippen LogP contribution in [-0.2, 0) is 18.9 Å². The number of hydrogen-bond donors (Lipinski definition) is 1. The van der Waals surface area contributed by atoms with E-state index in [9.17, 15) is 4.79 Å². The second kappa shape index (κ2) is 5.05. The average molecular weight is 279 g/mol. The monoisotopic (exact) mass is 279 g/mol.